The van der Waals surface area contributed by atoms with Crippen LogP contribution in [0.5, 0.6) is 5.88 Å². The Morgan fingerprint density at radius 2 is 2.00 bits per heavy atom. The molecule has 24 heavy (non-hydrogen) atoms. The molecule has 1 aliphatic heterocycles. The van der Waals surface area contributed by atoms with Crippen LogP contribution < -0.4 is 4.74 Å². The summed E-state index contributed by atoms with van der Waals surface area (Å²) in [4.78, 5) is 3.73. The standard InChI is InChI=1S/C13H10BrF3N2O3S2/c14-10-1-2-12(23-10)24(20,21)19-6-9(7-19)22-11-5-8(3-4-18-11)13(15,16)17/h1-5,9H,6-7H2. The van der Waals surface area contributed by atoms with E-state index in [4.69, 9.17) is 4.74 Å². The minimum atomic E-state index is -4.48. The largest absolute Gasteiger partial charge is 0.472 e. The average Bonchev–Trinajstić information content (AvgIpc) is 2.89. The maximum Gasteiger partial charge on any atom is 0.416 e. The summed E-state index contributed by atoms with van der Waals surface area (Å²) >= 11 is 4.29. The first-order chi connectivity index (χ1) is 11.2. The van der Waals surface area contributed by atoms with Crippen molar-refractivity contribution in [1.29, 1.82) is 0 Å². The third-order valence-corrected chi connectivity index (χ3v) is 7.23. The zero-order valence-corrected chi connectivity index (χ0v) is 15.0. The van der Waals surface area contributed by atoms with Gasteiger partial charge in [0.15, 0.2) is 0 Å². The van der Waals surface area contributed by atoms with Crippen molar-refractivity contribution in [2.24, 2.45) is 0 Å². The third-order valence-electron chi connectivity index (χ3n) is 3.31. The fraction of sp³-hybridized carbons (Fsp3) is 0.308. The van der Waals surface area contributed by atoms with Crippen LogP contribution in [0.4, 0.5) is 13.2 Å². The summed E-state index contributed by atoms with van der Waals surface area (Å²) in [5.74, 6) is -0.175. The van der Waals surface area contributed by atoms with Gasteiger partial charge in [-0.1, -0.05) is 0 Å². The van der Waals surface area contributed by atoms with E-state index in [1.54, 1.807) is 6.07 Å². The summed E-state index contributed by atoms with van der Waals surface area (Å²) in [6, 6.07) is 4.77. The van der Waals surface area contributed by atoms with E-state index < -0.39 is 27.9 Å². The van der Waals surface area contributed by atoms with Crippen molar-refractivity contribution >= 4 is 37.3 Å². The summed E-state index contributed by atoms with van der Waals surface area (Å²) in [5, 5.41) is 0. The highest BCUT2D eigenvalue weighted by Crippen LogP contribution is 2.33. The molecule has 2 aromatic rings. The molecule has 0 aromatic carbocycles. The van der Waals surface area contributed by atoms with Crippen molar-refractivity contribution < 1.29 is 26.3 Å². The van der Waals surface area contributed by atoms with E-state index >= 15 is 0 Å². The molecule has 0 bridgehead atoms. The van der Waals surface area contributed by atoms with E-state index in [9.17, 15) is 21.6 Å². The Morgan fingerprint density at radius 1 is 1.29 bits per heavy atom. The van der Waals surface area contributed by atoms with Crippen LogP contribution in [-0.2, 0) is 16.2 Å². The molecule has 0 radical (unpaired) electrons. The lowest BCUT2D eigenvalue weighted by atomic mass is 10.2. The minimum Gasteiger partial charge on any atom is -0.472 e. The zero-order chi connectivity index (χ0) is 17.5. The van der Waals surface area contributed by atoms with E-state index in [1.165, 1.54) is 10.4 Å². The monoisotopic (exact) mass is 442 g/mol. The van der Waals surface area contributed by atoms with Gasteiger partial charge in [0.2, 0.25) is 5.88 Å². The van der Waals surface area contributed by atoms with Crippen LogP contribution in [0.25, 0.3) is 0 Å². The van der Waals surface area contributed by atoms with Gasteiger partial charge in [0.25, 0.3) is 10.0 Å². The molecular formula is C13H10BrF3N2O3S2. The van der Waals surface area contributed by atoms with Gasteiger partial charge in [0.05, 0.1) is 22.4 Å². The van der Waals surface area contributed by atoms with Crippen LogP contribution in [0.1, 0.15) is 5.56 Å². The highest BCUT2D eigenvalue weighted by atomic mass is 79.9. The number of alkyl halides is 3. The van der Waals surface area contributed by atoms with Crippen LogP contribution >= 0.6 is 27.3 Å². The van der Waals surface area contributed by atoms with Crippen molar-refractivity contribution in [3.8, 4) is 5.88 Å². The van der Waals surface area contributed by atoms with E-state index in [1.807, 2.05) is 0 Å². The molecule has 130 valence electrons. The Balaban J connectivity index is 1.64. The fourth-order valence-corrected chi connectivity index (χ4v) is 5.72. The molecule has 5 nitrogen and oxygen atoms in total. The quantitative estimate of drug-likeness (QED) is 0.727. The first-order valence-corrected chi connectivity index (χ1v) is 9.66. The summed E-state index contributed by atoms with van der Waals surface area (Å²) in [5.41, 5.74) is -0.861. The number of sulfonamides is 1. The van der Waals surface area contributed by atoms with Crippen molar-refractivity contribution in [3.63, 3.8) is 0 Å². The lowest BCUT2D eigenvalue weighted by Gasteiger charge is -2.37. The molecule has 0 N–H and O–H groups in total. The second-order valence-electron chi connectivity index (χ2n) is 5.00. The zero-order valence-electron chi connectivity index (χ0n) is 11.8. The van der Waals surface area contributed by atoms with Crippen molar-refractivity contribution in [1.82, 2.24) is 9.29 Å². The van der Waals surface area contributed by atoms with E-state index in [2.05, 4.69) is 20.9 Å². The lowest BCUT2D eigenvalue weighted by Crippen LogP contribution is -2.55. The predicted octanol–water partition coefficient (Wildman–Crippen LogP) is 3.38. The van der Waals surface area contributed by atoms with Crippen molar-refractivity contribution in [3.05, 3.63) is 39.8 Å². The number of hydrogen-bond donors (Lipinski definition) is 0. The maximum absolute atomic E-state index is 12.6. The molecule has 1 fully saturated rings. The first-order valence-electron chi connectivity index (χ1n) is 6.61. The molecule has 0 aliphatic carbocycles. The minimum absolute atomic E-state index is 0.0653. The average molecular weight is 443 g/mol. The Hall–Kier alpha value is -1.17. The van der Waals surface area contributed by atoms with Gasteiger partial charge in [-0.25, -0.2) is 13.4 Å². The van der Waals surface area contributed by atoms with Crippen LogP contribution in [0.2, 0.25) is 0 Å². The van der Waals surface area contributed by atoms with Gasteiger partial charge in [0.1, 0.15) is 10.3 Å². The molecule has 2 aromatic heterocycles. The van der Waals surface area contributed by atoms with Gasteiger partial charge in [-0.2, -0.15) is 17.5 Å². The van der Waals surface area contributed by atoms with Crippen molar-refractivity contribution in [2.75, 3.05) is 13.1 Å². The molecule has 0 saturated carbocycles. The van der Waals surface area contributed by atoms with Crippen molar-refractivity contribution in [2.45, 2.75) is 16.5 Å². The Bertz CT molecular complexity index is 848. The van der Waals surface area contributed by atoms with Crippen LogP contribution in [0.3, 0.4) is 0 Å². The number of pyridine rings is 1. The molecule has 3 rings (SSSR count). The Kier molecular flexibility index (Phi) is 4.62. The topological polar surface area (TPSA) is 59.5 Å². The summed E-state index contributed by atoms with van der Waals surface area (Å²) in [7, 11) is -3.60. The summed E-state index contributed by atoms with van der Waals surface area (Å²) < 4.78 is 70.0. The maximum atomic E-state index is 12.6. The number of hydrogen-bond acceptors (Lipinski definition) is 5. The molecule has 11 heteroatoms. The highest BCUT2D eigenvalue weighted by Gasteiger charge is 2.39. The Morgan fingerprint density at radius 3 is 2.58 bits per heavy atom. The highest BCUT2D eigenvalue weighted by molar-refractivity contribution is 9.11. The van der Waals surface area contributed by atoms with Gasteiger partial charge in [-0.15, -0.1) is 11.3 Å². The number of aromatic nitrogens is 1. The Labute approximate surface area is 148 Å². The van der Waals surface area contributed by atoms with Gasteiger partial charge in [-0.3, -0.25) is 0 Å². The number of ether oxygens (including phenoxy) is 1. The molecule has 0 amide bonds. The van der Waals surface area contributed by atoms with Crippen LogP contribution in [0, 0.1) is 0 Å². The van der Waals surface area contributed by atoms with Gasteiger partial charge >= 0.3 is 6.18 Å². The number of rotatable bonds is 4. The molecule has 3 heterocycles. The van der Waals surface area contributed by atoms with E-state index in [0.29, 0.717) is 3.79 Å². The van der Waals surface area contributed by atoms with E-state index in [-0.39, 0.29) is 23.2 Å². The lowest BCUT2D eigenvalue weighted by molar-refractivity contribution is -0.137. The van der Waals surface area contributed by atoms with Gasteiger partial charge < -0.3 is 4.74 Å². The summed E-state index contributed by atoms with van der Waals surface area (Å²) in [6.07, 6.45) is -4.00. The molecule has 0 spiro atoms. The third kappa shape index (κ3) is 3.58. The molecule has 1 aliphatic rings. The van der Waals surface area contributed by atoms with E-state index in [0.717, 1.165) is 29.7 Å². The molecular weight excluding hydrogens is 433 g/mol. The van der Waals surface area contributed by atoms with Crippen LogP contribution in [0.15, 0.2) is 38.5 Å². The normalized spacial score (nSPS) is 16.8. The number of thiophene rings is 1. The van der Waals surface area contributed by atoms with Gasteiger partial charge in [-0.05, 0) is 34.1 Å². The van der Waals surface area contributed by atoms with Gasteiger partial charge in [0, 0.05) is 12.3 Å². The summed E-state index contributed by atoms with van der Waals surface area (Å²) in [6.45, 7) is 0.131. The number of halogens is 4. The second-order valence-corrected chi connectivity index (χ2v) is 9.63. The SMILES string of the molecule is O=S(=O)(c1ccc(Br)s1)N1CC(Oc2cc(C(F)(F)F)ccn2)C1. The van der Waals surface area contributed by atoms with Crippen LogP contribution in [-0.4, -0.2) is 36.9 Å². The molecule has 0 unspecified atom stereocenters. The fourth-order valence-electron chi connectivity index (χ4n) is 2.06. The second kappa shape index (κ2) is 6.28. The smallest absolute Gasteiger partial charge is 0.416 e. The molecule has 0 atom stereocenters. The number of nitrogens with zero attached hydrogens (tertiary/aromatic N) is 2. The predicted molar refractivity (Wildman–Crippen MR) is 84.4 cm³/mol. The molecule has 1 saturated heterocycles. The first kappa shape index (κ1) is 17.6.